The standard InChI is InChI=1S/C19H19BrN4O/c1-14(16-9-5-6-10-17(16)20)22-19(25)12-11-18-23-21-13-24(18)15-7-3-2-4-8-15/h2-10,13-14H,11-12H2,1H3,(H,22,25)/t14-/m0/s1. The summed E-state index contributed by atoms with van der Waals surface area (Å²) in [6.07, 6.45) is 2.57. The van der Waals surface area contributed by atoms with Gasteiger partial charge in [-0.1, -0.05) is 52.3 Å². The molecule has 0 spiro atoms. The summed E-state index contributed by atoms with van der Waals surface area (Å²) in [4.78, 5) is 12.3. The van der Waals surface area contributed by atoms with Gasteiger partial charge in [0.15, 0.2) is 0 Å². The number of hydrogen-bond acceptors (Lipinski definition) is 3. The molecule has 1 amide bonds. The van der Waals surface area contributed by atoms with Crippen LogP contribution < -0.4 is 5.32 Å². The predicted molar refractivity (Wildman–Crippen MR) is 100 cm³/mol. The Balaban J connectivity index is 1.60. The second-order valence-electron chi connectivity index (χ2n) is 5.76. The monoisotopic (exact) mass is 398 g/mol. The van der Waals surface area contributed by atoms with E-state index >= 15 is 0 Å². The molecule has 25 heavy (non-hydrogen) atoms. The van der Waals surface area contributed by atoms with E-state index in [0.717, 1.165) is 21.5 Å². The molecule has 3 rings (SSSR count). The Bertz CT molecular complexity index is 847. The Morgan fingerprint density at radius 3 is 2.64 bits per heavy atom. The van der Waals surface area contributed by atoms with E-state index in [0.29, 0.717) is 12.8 Å². The highest BCUT2D eigenvalue weighted by Gasteiger charge is 2.13. The fourth-order valence-electron chi connectivity index (χ4n) is 2.68. The van der Waals surface area contributed by atoms with Crippen LogP contribution in [0.5, 0.6) is 0 Å². The van der Waals surface area contributed by atoms with Crippen LogP contribution in [0.15, 0.2) is 65.4 Å². The first kappa shape index (κ1) is 17.4. The molecule has 128 valence electrons. The van der Waals surface area contributed by atoms with Crippen molar-refractivity contribution >= 4 is 21.8 Å². The van der Waals surface area contributed by atoms with Crippen molar-refractivity contribution in [3.05, 3.63) is 76.8 Å². The molecule has 0 fully saturated rings. The summed E-state index contributed by atoms with van der Waals surface area (Å²) >= 11 is 3.52. The molecular formula is C19H19BrN4O. The second kappa shape index (κ2) is 8.07. The highest BCUT2D eigenvalue weighted by atomic mass is 79.9. The van der Waals surface area contributed by atoms with E-state index in [2.05, 4.69) is 31.4 Å². The molecule has 5 nitrogen and oxygen atoms in total. The number of benzene rings is 2. The zero-order chi connectivity index (χ0) is 17.6. The van der Waals surface area contributed by atoms with E-state index in [9.17, 15) is 4.79 Å². The minimum absolute atomic E-state index is 0.00846. The van der Waals surface area contributed by atoms with E-state index in [1.54, 1.807) is 6.33 Å². The van der Waals surface area contributed by atoms with Crippen LogP contribution in [-0.2, 0) is 11.2 Å². The van der Waals surface area contributed by atoms with Gasteiger partial charge in [-0.15, -0.1) is 10.2 Å². The quantitative estimate of drug-likeness (QED) is 0.685. The Morgan fingerprint density at radius 1 is 1.16 bits per heavy atom. The Kier molecular flexibility index (Phi) is 5.60. The number of nitrogens with zero attached hydrogens (tertiary/aromatic N) is 3. The van der Waals surface area contributed by atoms with Crippen molar-refractivity contribution in [3.8, 4) is 5.69 Å². The third-order valence-corrected chi connectivity index (χ3v) is 4.70. The van der Waals surface area contributed by atoms with Crippen LogP contribution >= 0.6 is 15.9 Å². The van der Waals surface area contributed by atoms with Crippen LogP contribution in [0.3, 0.4) is 0 Å². The van der Waals surface area contributed by atoms with Gasteiger partial charge in [0.2, 0.25) is 5.91 Å². The number of para-hydroxylation sites is 1. The van der Waals surface area contributed by atoms with Gasteiger partial charge < -0.3 is 5.32 Å². The van der Waals surface area contributed by atoms with Crippen LogP contribution in [0.4, 0.5) is 0 Å². The van der Waals surface area contributed by atoms with Crippen molar-refractivity contribution in [2.75, 3.05) is 0 Å². The van der Waals surface area contributed by atoms with E-state index in [-0.39, 0.29) is 11.9 Å². The number of halogens is 1. The van der Waals surface area contributed by atoms with Gasteiger partial charge in [-0.2, -0.15) is 0 Å². The molecule has 1 atom stereocenters. The van der Waals surface area contributed by atoms with Crippen molar-refractivity contribution in [1.82, 2.24) is 20.1 Å². The lowest BCUT2D eigenvalue weighted by Gasteiger charge is -2.16. The molecule has 1 N–H and O–H groups in total. The summed E-state index contributed by atoms with van der Waals surface area (Å²) in [5.41, 5.74) is 2.05. The lowest BCUT2D eigenvalue weighted by Crippen LogP contribution is -2.27. The number of hydrogen-bond donors (Lipinski definition) is 1. The molecule has 3 aromatic rings. The van der Waals surface area contributed by atoms with Crippen molar-refractivity contribution < 1.29 is 4.79 Å². The maximum Gasteiger partial charge on any atom is 0.220 e. The van der Waals surface area contributed by atoms with Crippen LogP contribution in [-0.4, -0.2) is 20.7 Å². The second-order valence-corrected chi connectivity index (χ2v) is 6.62. The van der Waals surface area contributed by atoms with Crippen LogP contribution in [0, 0.1) is 0 Å². The number of nitrogens with one attached hydrogen (secondary N) is 1. The van der Waals surface area contributed by atoms with Gasteiger partial charge in [0.05, 0.1) is 6.04 Å². The Hall–Kier alpha value is -2.47. The van der Waals surface area contributed by atoms with Gasteiger partial charge in [0.25, 0.3) is 0 Å². The number of rotatable bonds is 6. The van der Waals surface area contributed by atoms with Gasteiger partial charge in [-0.25, -0.2) is 0 Å². The predicted octanol–water partition coefficient (Wildman–Crippen LogP) is 3.84. The zero-order valence-corrected chi connectivity index (χ0v) is 15.5. The summed E-state index contributed by atoms with van der Waals surface area (Å²) in [6, 6.07) is 17.7. The molecule has 0 unspecified atom stereocenters. The number of carbonyl (C=O) groups excluding carboxylic acids is 1. The first-order chi connectivity index (χ1) is 12.1. The fraction of sp³-hybridized carbons (Fsp3) is 0.211. The normalized spacial score (nSPS) is 11.9. The number of amides is 1. The average molecular weight is 399 g/mol. The Morgan fingerprint density at radius 2 is 1.88 bits per heavy atom. The van der Waals surface area contributed by atoms with Gasteiger partial charge >= 0.3 is 0 Å². The summed E-state index contributed by atoms with van der Waals surface area (Å²) in [6.45, 7) is 1.98. The lowest BCUT2D eigenvalue weighted by atomic mass is 10.1. The average Bonchev–Trinajstić information content (AvgIpc) is 3.09. The highest BCUT2D eigenvalue weighted by molar-refractivity contribution is 9.10. The largest absolute Gasteiger partial charge is 0.350 e. The molecule has 2 aromatic carbocycles. The molecule has 0 saturated carbocycles. The summed E-state index contributed by atoms with van der Waals surface area (Å²) < 4.78 is 2.90. The van der Waals surface area contributed by atoms with E-state index in [1.165, 1.54) is 0 Å². The van der Waals surface area contributed by atoms with Crippen molar-refractivity contribution in [2.24, 2.45) is 0 Å². The lowest BCUT2D eigenvalue weighted by molar-refractivity contribution is -0.121. The van der Waals surface area contributed by atoms with Gasteiger partial charge in [0, 0.05) is 23.0 Å². The van der Waals surface area contributed by atoms with Crippen molar-refractivity contribution in [2.45, 2.75) is 25.8 Å². The van der Waals surface area contributed by atoms with E-state index < -0.39 is 0 Å². The Labute approximate surface area is 155 Å². The molecular weight excluding hydrogens is 380 g/mol. The molecule has 0 aliphatic carbocycles. The molecule has 0 radical (unpaired) electrons. The fourth-order valence-corrected chi connectivity index (χ4v) is 3.30. The minimum atomic E-state index is -0.0601. The molecule has 0 aliphatic rings. The van der Waals surface area contributed by atoms with E-state index in [4.69, 9.17) is 0 Å². The van der Waals surface area contributed by atoms with Crippen LogP contribution in [0.25, 0.3) is 5.69 Å². The van der Waals surface area contributed by atoms with Crippen LogP contribution in [0.2, 0.25) is 0 Å². The number of aryl methyl sites for hydroxylation is 1. The SMILES string of the molecule is C[C@H](NC(=O)CCc1nncn1-c1ccccc1)c1ccccc1Br. The summed E-state index contributed by atoms with van der Waals surface area (Å²) in [7, 11) is 0. The number of aromatic nitrogens is 3. The summed E-state index contributed by atoms with van der Waals surface area (Å²) in [5, 5.41) is 11.1. The maximum absolute atomic E-state index is 12.3. The van der Waals surface area contributed by atoms with Crippen molar-refractivity contribution in [3.63, 3.8) is 0 Å². The summed E-state index contributed by atoms with van der Waals surface area (Å²) in [5.74, 6) is 0.765. The number of carbonyl (C=O) groups is 1. The zero-order valence-electron chi connectivity index (χ0n) is 13.9. The molecule has 0 bridgehead atoms. The van der Waals surface area contributed by atoms with Crippen LogP contribution in [0.1, 0.15) is 30.8 Å². The van der Waals surface area contributed by atoms with E-state index in [1.807, 2.05) is 66.1 Å². The molecule has 6 heteroatoms. The molecule has 1 heterocycles. The van der Waals surface area contributed by atoms with Crippen molar-refractivity contribution in [1.29, 1.82) is 0 Å². The molecule has 0 saturated heterocycles. The third kappa shape index (κ3) is 4.33. The van der Waals surface area contributed by atoms with Gasteiger partial charge in [0.1, 0.15) is 12.2 Å². The first-order valence-electron chi connectivity index (χ1n) is 8.13. The third-order valence-electron chi connectivity index (χ3n) is 3.98. The van der Waals surface area contributed by atoms with Gasteiger partial charge in [-0.3, -0.25) is 9.36 Å². The molecule has 0 aliphatic heterocycles. The van der Waals surface area contributed by atoms with Gasteiger partial charge in [-0.05, 0) is 30.7 Å². The maximum atomic E-state index is 12.3. The highest BCUT2D eigenvalue weighted by Crippen LogP contribution is 2.22. The topological polar surface area (TPSA) is 59.8 Å². The molecule has 1 aromatic heterocycles. The minimum Gasteiger partial charge on any atom is -0.350 e. The smallest absolute Gasteiger partial charge is 0.220 e. The first-order valence-corrected chi connectivity index (χ1v) is 8.92.